The van der Waals surface area contributed by atoms with Crippen LogP contribution in [0.15, 0.2) is 0 Å². The van der Waals surface area contributed by atoms with Crippen molar-refractivity contribution in [3.8, 4) is 0 Å². The quantitative estimate of drug-likeness (QED) is 0.495. The van der Waals surface area contributed by atoms with Crippen molar-refractivity contribution in [2.75, 3.05) is 6.61 Å². The maximum absolute atomic E-state index is 10.8. The monoisotopic (exact) mass is 156 g/mol. The molecule has 0 bridgehead atoms. The van der Waals surface area contributed by atoms with Gasteiger partial charge in [0.2, 0.25) is 0 Å². The van der Waals surface area contributed by atoms with E-state index in [1.54, 1.807) is 0 Å². The summed E-state index contributed by atoms with van der Waals surface area (Å²) in [5.41, 5.74) is 0. The van der Waals surface area contributed by atoms with Gasteiger partial charge in [-0.05, 0) is 0 Å². The third kappa shape index (κ3) is 2.22. The molecule has 0 atom stereocenters. The first-order valence-corrected chi connectivity index (χ1v) is 3.81. The number of carbonyl (C=O) groups is 1. The van der Waals surface area contributed by atoms with Gasteiger partial charge in [-0.1, -0.05) is 20.8 Å². The summed E-state index contributed by atoms with van der Waals surface area (Å²) in [6.45, 7) is 6.43. The van der Waals surface area contributed by atoms with Crippen LogP contribution in [-0.2, 0) is 14.1 Å². The topological polar surface area (TPSA) is 35.5 Å². The lowest BCUT2D eigenvalue weighted by atomic mass is 9.60. The molecule has 0 aromatic heterocycles. The van der Waals surface area contributed by atoms with Gasteiger partial charge in [0.25, 0.3) is 5.97 Å². The van der Waals surface area contributed by atoms with Crippen molar-refractivity contribution in [1.29, 1.82) is 0 Å². The summed E-state index contributed by atoms with van der Waals surface area (Å²) in [6, 6.07) is 0. The van der Waals surface area contributed by atoms with Crippen LogP contribution >= 0.6 is 0 Å². The Kier molecular flexibility index (Phi) is 2.23. The summed E-state index contributed by atoms with van der Waals surface area (Å²) in [5, 5.41) is -0.115. The molecular formula is C7H13BO3. The zero-order chi connectivity index (χ0) is 8.48. The van der Waals surface area contributed by atoms with E-state index in [9.17, 15) is 4.79 Å². The van der Waals surface area contributed by atoms with E-state index < -0.39 is 0 Å². The molecule has 0 aromatic rings. The van der Waals surface area contributed by atoms with Crippen LogP contribution in [0.3, 0.4) is 0 Å². The van der Waals surface area contributed by atoms with Crippen molar-refractivity contribution in [3.63, 3.8) is 0 Å². The summed E-state index contributed by atoms with van der Waals surface area (Å²) in [5.74, 6) is -0.156. The second-order valence-corrected chi connectivity index (χ2v) is 3.81. The van der Waals surface area contributed by atoms with Crippen LogP contribution in [0.4, 0.5) is 0 Å². The molecule has 0 amide bonds. The summed E-state index contributed by atoms with van der Waals surface area (Å²) in [4.78, 5) is 10.8. The van der Waals surface area contributed by atoms with Crippen molar-refractivity contribution >= 4 is 13.1 Å². The fourth-order valence-corrected chi connectivity index (χ4v) is 0.888. The highest BCUT2D eigenvalue weighted by atomic mass is 16.6. The average molecular weight is 156 g/mol. The molecule has 62 valence electrons. The third-order valence-corrected chi connectivity index (χ3v) is 1.52. The fraction of sp³-hybridized carbons (Fsp3) is 0.857. The minimum atomic E-state index is -0.372. The minimum Gasteiger partial charge on any atom is -0.509 e. The molecule has 1 fully saturated rings. The van der Waals surface area contributed by atoms with Crippen molar-refractivity contribution in [2.24, 2.45) is 0 Å². The number of hydrogen-bond donors (Lipinski definition) is 0. The first-order chi connectivity index (χ1) is 5.00. The van der Waals surface area contributed by atoms with Crippen LogP contribution in [0.1, 0.15) is 27.2 Å². The van der Waals surface area contributed by atoms with E-state index in [1.165, 1.54) is 0 Å². The van der Waals surface area contributed by atoms with Crippen molar-refractivity contribution < 1.29 is 14.1 Å². The summed E-state index contributed by atoms with van der Waals surface area (Å²) < 4.78 is 10.3. The maximum Gasteiger partial charge on any atom is 0.533 e. The molecule has 0 saturated carbocycles. The molecule has 1 saturated heterocycles. The molecule has 1 heterocycles. The van der Waals surface area contributed by atoms with E-state index in [2.05, 4.69) is 0 Å². The van der Waals surface area contributed by atoms with Crippen molar-refractivity contribution in [1.82, 2.24) is 0 Å². The Morgan fingerprint density at radius 3 is 2.45 bits per heavy atom. The number of carbonyl (C=O) groups excluding carboxylic acids is 1. The van der Waals surface area contributed by atoms with Gasteiger partial charge in [0, 0.05) is 11.9 Å². The Bertz CT molecular complexity index is 162. The van der Waals surface area contributed by atoms with Gasteiger partial charge in [0.1, 0.15) is 0 Å². The van der Waals surface area contributed by atoms with E-state index in [0.29, 0.717) is 13.0 Å². The Balaban J connectivity index is 2.53. The largest absolute Gasteiger partial charge is 0.533 e. The predicted octanol–water partition coefficient (Wildman–Crippen LogP) is 1.24. The zero-order valence-corrected chi connectivity index (χ0v) is 7.22. The van der Waals surface area contributed by atoms with Crippen LogP contribution in [0, 0.1) is 0 Å². The van der Waals surface area contributed by atoms with Gasteiger partial charge in [-0.15, -0.1) is 0 Å². The SMILES string of the molecule is CC(C)(C)B1OCCC(=O)O1. The Labute approximate surface area is 67.2 Å². The molecule has 0 N–H and O–H groups in total. The summed E-state index contributed by atoms with van der Waals surface area (Å²) in [7, 11) is -0.372. The second-order valence-electron chi connectivity index (χ2n) is 3.81. The van der Waals surface area contributed by atoms with Gasteiger partial charge in [-0.25, -0.2) is 0 Å². The molecule has 0 aromatic carbocycles. The molecule has 0 spiro atoms. The van der Waals surface area contributed by atoms with Gasteiger partial charge in [-0.3, -0.25) is 4.79 Å². The first-order valence-electron chi connectivity index (χ1n) is 3.81. The minimum absolute atomic E-state index is 0.115. The van der Waals surface area contributed by atoms with E-state index in [1.807, 2.05) is 20.8 Å². The first kappa shape index (κ1) is 8.59. The van der Waals surface area contributed by atoms with Crippen LogP contribution in [0.2, 0.25) is 5.31 Å². The van der Waals surface area contributed by atoms with E-state index in [-0.39, 0.29) is 18.4 Å². The lowest BCUT2D eigenvalue weighted by molar-refractivity contribution is -0.140. The van der Waals surface area contributed by atoms with Gasteiger partial charge in [0.15, 0.2) is 0 Å². The predicted molar refractivity (Wildman–Crippen MR) is 42.1 cm³/mol. The summed E-state index contributed by atoms with van der Waals surface area (Å²) >= 11 is 0. The maximum atomic E-state index is 10.8. The second kappa shape index (κ2) is 2.85. The number of rotatable bonds is 0. The third-order valence-electron chi connectivity index (χ3n) is 1.52. The molecule has 0 unspecified atom stereocenters. The Hall–Kier alpha value is -0.505. The molecule has 0 radical (unpaired) electrons. The highest BCUT2D eigenvalue weighted by Crippen LogP contribution is 2.29. The Morgan fingerprint density at radius 1 is 1.45 bits per heavy atom. The van der Waals surface area contributed by atoms with E-state index in [0.717, 1.165) is 0 Å². The van der Waals surface area contributed by atoms with Gasteiger partial charge in [0.05, 0.1) is 6.42 Å². The zero-order valence-electron chi connectivity index (χ0n) is 7.22. The molecule has 1 aliphatic rings. The normalized spacial score (nSPS) is 19.9. The van der Waals surface area contributed by atoms with Crippen LogP contribution < -0.4 is 0 Å². The number of hydrogen-bond acceptors (Lipinski definition) is 3. The highest BCUT2D eigenvalue weighted by molar-refractivity contribution is 6.50. The lowest BCUT2D eigenvalue weighted by Gasteiger charge is -2.28. The standard InChI is InChI=1S/C7H13BO3/c1-7(2,3)8-10-5-4-6(9)11-8/h4-5H2,1-3H3. The lowest BCUT2D eigenvalue weighted by Crippen LogP contribution is -2.39. The molecule has 0 aliphatic carbocycles. The Morgan fingerprint density at radius 2 is 2.09 bits per heavy atom. The van der Waals surface area contributed by atoms with E-state index in [4.69, 9.17) is 9.31 Å². The molecule has 1 rings (SSSR count). The van der Waals surface area contributed by atoms with Gasteiger partial charge < -0.3 is 9.31 Å². The van der Waals surface area contributed by atoms with Crippen LogP contribution in [-0.4, -0.2) is 19.7 Å². The molecule has 11 heavy (non-hydrogen) atoms. The van der Waals surface area contributed by atoms with Gasteiger partial charge >= 0.3 is 7.12 Å². The molecule has 4 heteroatoms. The smallest absolute Gasteiger partial charge is 0.509 e. The average Bonchev–Trinajstić information content (AvgIpc) is 1.86. The molecular weight excluding hydrogens is 143 g/mol. The van der Waals surface area contributed by atoms with Crippen molar-refractivity contribution in [3.05, 3.63) is 0 Å². The molecule has 3 nitrogen and oxygen atoms in total. The van der Waals surface area contributed by atoms with E-state index >= 15 is 0 Å². The fourth-order valence-electron chi connectivity index (χ4n) is 0.888. The highest BCUT2D eigenvalue weighted by Gasteiger charge is 2.39. The van der Waals surface area contributed by atoms with Gasteiger partial charge in [-0.2, -0.15) is 0 Å². The molecule has 1 aliphatic heterocycles. The van der Waals surface area contributed by atoms with Crippen LogP contribution in [0.25, 0.3) is 0 Å². The summed E-state index contributed by atoms with van der Waals surface area (Å²) in [6.07, 6.45) is 0.382. The van der Waals surface area contributed by atoms with Crippen LogP contribution in [0.5, 0.6) is 0 Å². The van der Waals surface area contributed by atoms with Crippen molar-refractivity contribution in [2.45, 2.75) is 32.5 Å².